The highest BCUT2D eigenvalue weighted by Gasteiger charge is 2.33. The summed E-state index contributed by atoms with van der Waals surface area (Å²) in [5.74, 6) is -2.72. The van der Waals surface area contributed by atoms with Crippen molar-refractivity contribution in [1.82, 2.24) is 25.0 Å². The molecule has 1 aliphatic rings. The number of rotatable bonds is 1. The Hall–Kier alpha value is -4.32. The summed E-state index contributed by atoms with van der Waals surface area (Å²) in [6.07, 6.45) is 3.01. The van der Waals surface area contributed by atoms with E-state index in [0.29, 0.717) is 22.2 Å². The van der Waals surface area contributed by atoms with Crippen molar-refractivity contribution in [2.75, 3.05) is 0 Å². The lowest BCUT2D eigenvalue weighted by Gasteiger charge is -2.07. The average molecular weight is 442 g/mol. The molecule has 0 N–H and O–H groups in total. The zero-order chi connectivity index (χ0) is 23.6. The van der Waals surface area contributed by atoms with Crippen molar-refractivity contribution in [3.8, 4) is 6.07 Å². The SMILES string of the molecule is C/C(C#N)=C1/C(=C/c2cnc3c(C)c4nn(C)nc4c(C)c3n2)C(=O)c2cc(F)c(F)cc21. The molecule has 7 nitrogen and oxygen atoms in total. The number of nitrogens with zero attached hydrogens (tertiary/aromatic N) is 6. The smallest absolute Gasteiger partial charge is 0.194 e. The minimum atomic E-state index is -1.12. The van der Waals surface area contributed by atoms with E-state index >= 15 is 0 Å². The number of aryl methyl sites for hydroxylation is 3. The Bertz CT molecular complexity index is 1660. The zero-order valence-corrected chi connectivity index (χ0v) is 18.2. The monoisotopic (exact) mass is 442 g/mol. The summed E-state index contributed by atoms with van der Waals surface area (Å²) in [4.78, 5) is 23.8. The van der Waals surface area contributed by atoms with Gasteiger partial charge in [-0.05, 0) is 44.5 Å². The van der Waals surface area contributed by atoms with E-state index in [1.165, 1.54) is 24.0 Å². The van der Waals surface area contributed by atoms with Crippen molar-refractivity contribution in [2.45, 2.75) is 20.8 Å². The molecule has 4 aromatic rings. The maximum Gasteiger partial charge on any atom is 0.194 e. The number of hydrogen-bond acceptors (Lipinski definition) is 6. The fraction of sp³-hybridized carbons (Fsp3) is 0.167. The molecule has 2 heterocycles. The van der Waals surface area contributed by atoms with Gasteiger partial charge in [-0.3, -0.25) is 9.78 Å². The summed E-state index contributed by atoms with van der Waals surface area (Å²) in [7, 11) is 1.74. The molecule has 0 saturated heterocycles. The normalized spacial score (nSPS) is 16.0. The Morgan fingerprint density at radius 2 is 1.64 bits per heavy atom. The molecule has 0 aliphatic heterocycles. The summed E-state index contributed by atoms with van der Waals surface area (Å²) in [6, 6.07) is 3.82. The topological polar surface area (TPSA) is 97.3 Å². The fourth-order valence-corrected chi connectivity index (χ4v) is 4.23. The average Bonchev–Trinajstić information content (AvgIpc) is 3.30. The highest BCUT2D eigenvalue weighted by molar-refractivity contribution is 6.29. The second kappa shape index (κ2) is 7.10. The number of allylic oxidation sites excluding steroid dienone is 3. The number of ketones is 1. The Balaban J connectivity index is 1.75. The van der Waals surface area contributed by atoms with Gasteiger partial charge in [0, 0.05) is 40.5 Å². The molecule has 5 rings (SSSR count). The van der Waals surface area contributed by atoms with Gasteiger partial charge in [0.1, 0.15) is 11.0 Å². The summed E-state index contributed by atoms with van der Waals surface area (Å²) in [5, 5.41) is 18.3. The van der Waals surface area contributed by atoms with Crippen molar-refractivity contribution >= 4 is 39.5 Å². The predicted octanol–water partition coefficient (Wildman–Crippen LogP) is 4.38. The molecule has 0 unspecified atom stereocenters. The van der Waals surface area contributed by atoms with Gasteiger partial charge in [-0.1, -0.05) is 0 Å². The minimum Gasteiger partial charge on any atom is -0.289 e. The summed E-state index contributed by atoms with van der Waals surface area (Å²) in [5.41, 5.74) is 5.51. The van der Waals surface area contributed by atoms with Crippen LogP contribution in [0, 0.1) is 36.8 Å². The lowest BCUT2D eigenvalue weighted by molar-refractivity contribution is 0.104. The lowest BCUT2D eigenvalue weighted by Crippen LogP contribution is -1.99. The number of carbonyl (C=O) groups is 1. The Morgan fingerprint density at radius 3 is 2.27 bits per heavy atom. The van der Waals surface area contributed by atoms with Crippen LogP contribution in [0.15, 0.2) is 29.5 Å². The number of halogens is 2. The summed E-state index contributed by atoms with van der Waals surface area (Å²) < 4.78 is 27.8. The van der Waals surface area contributed by atoms with Crippen LogP contribution in [-0.2, 0) is 7.05 Å². The van der Waals surface area contributed by atoms with Crippen LogP contribution in [0.5, 0.6) is 0 Å². The van der Waals surface area contributed by atoms with Gasteiger partial charge in [0.2, 0.25) is 0 Å². The largest absolute Gasteiger partial charge is 0.289 e. The number of hydrogen-bond donors (Lipinski definition) is 0. The van der Waals surface area contributed by atoms with E-state index in [1.807, 2.05) is 19.9 Å². The molecule has 0 radical (unpaired) electrons. The fourth-order valence-electron chi connectivity index (χ4n) is 4.23. The van der Waals surface area contributed by atoms with Crippen molar-refractivity contribution < 1.29 is 13.6 Å². The van der Waals surface area contributed by atoms with Crippen molar-refractivity contribution in [3.63, 3.8) is 0 Å². The molecule has 1 aliphatic carbocycles. The third-order valence-corrected chi connectivity index (χ3v) is 5.85. The van der Waals surface area contributed by atoms with Crippen molar-refractivity contribution in [2.24, 2.45) is 7.05 Å². The van der Waals surface area contributed by atoms with Gasteiger partial charge in [-0.2, -0.15) is 20.3 Å². The second-order valence-corrected chi connectivity index (χ2v) is 7.94. The molecule has 0 atom stereocenters. The Labute approximate surface area is 186 Å². The van der Waals surface area contributed by atoms with Crippen LogP contribution in [0.1, 0.15) is 39.7 Å². The molecule has 2 aromatic heterocycles. The molecule has 0 spiro atoms. The van der Waals surface area contributed by atoms with E-state index in [0.717, 1.165) is 28.8 Å². The van der Waals surface area contributed by atoms with Crippen LogP contribution in [0.3, 0.4) is 0 Å². The van der Waals surface area contributed by atoms with Crippen molar-refractivity contribution in [3.05, 3.63) is 69.1 Å². The first-order valence-electron chi connectivity index (χ1n) is 10.0. The number of carbonyl (C=O) groups excluding carboxylic acids is 1. The number of aromatic nitrogens is 5. The van der Waals surface area contributed by atoms with E-state index in [-0.39, 0.29) is 27.8 Å². The van der Waals surface area contributed by atoms with Gasteiger partial charge in [0.15, 0.2) is 17.4 Å². The highest BCUT2D eigenvalue weighted by atomic mass is 19.2. The number of benzene rings is 2. The predicted molar refractivity (Wildman–Crippen MR) is 118 cm³/mol. The van der Waals surface area contributed by atoms with E-state index in [4.69, 9.17) is 0 Å². The van der Waals surface area contributed by atoms with Crippen LogP contribution >= 0.6 is 0 Å². The van der Waals surface area contributed by atoms with Gasteiger partial charge in [-0.25, -0.2) is 13.8 Å². The van der Waals surface area contributed by atoms with Gasteiger partial charge in [-0.15, -0.1) is 0 Å². The van der Waals surface area contributed by atoms with Crippen LogP contribution in [0.2, 0.25) is 0 Å². The first kappa shape index (κ1) is 20.6. The first-order valence-corrected chi connectivity index (χ1v) is 10.0. The maximum atomic E-state index is 13.9. The zero-order valence-electron chi connectivity index (χ0n) is 18.2. The Morgan fingerprint density at radius 1 is 1.03 bits per heavy atom. The van der Waals surface area contributed by atoms with Crippen LogP contribution in [0.4, 0.5) is 8.78 Å². The summed E-state index contributed by atoms with van der Waals surface area (Å²) >= 11 is 0. The van der Waals surface area contributed by atoms with Crippen LogP contribution in [0.25, 0.3) is 33.7 Å². The summed E-state index contributed by atoms with van der Waals surface area (Å²) in [6.45, 7) is 5.29. The standard InChI is InChI=1S/C24H16F2N6O/c1-10(8-27)19-14-6-17(25)18(26)7-15(14)24(33)16(19)5-13-9-28-20-11(2)22-23(31-32(4)30-22)12(3)21(20)29-13/h5-7,9H,1-4H3/b16-5-,19-10-. The molecule has 0 fully saturated rings. The molecular formula is C24H16F2N6O. The van der Waals surface area contributed by atoms with E-state index in [1.54, 1.807) is 7.05 Å². The quantitative estimate of drug-likeness (QED) is 0.321. The molecular weight excluding hydrogens is 426 g/mol. The van der Waals surface area contributed by atoms with Crippen LogP contribution in [-0.4, -0.2) is 30.7 Å². The van der Waals surface area contributed by atoms with E-state index < -0.39 is 17.4 Å². The Kier molecular flexibility index (Phi) is 4.43. The minimum absolute atomic E-state index is 0.00629. The number of nitriles is 1. The van der Waals surface area contributed by atoms with E-state index in [2.05, 4.69) is 20.2 Å². The van der Waals surface area contributed by atoms with E-state index in [9.17, 15) is 18.8 Å². The lowest BCUT2D eigenvalue weighted by atomic mass is 9.99. The molecule has 33 heavy (non-hydrogen) atoms. The molecule has 0 saturated carbocycles. The maximum absolute atomic E-state index is 13.9. The molecule has 9 heteroatoms. The second-order valence-electron chi connectivity index (χ2n) is 7.94. The van der Waals surface area contributed by atoms with Gasteiger partial charge in [0.25, 0.3) is 0 Å². The molecule has 0 bridgehead atoms. The first-order chi connectivity index (χ1) is 15.7. The van der Waals surface area contributed by atoms with Gasteiger partial charge < -0.3 is 0 Å². The third-order valence-electron chi connectivity index (χ3n) is 5.85. The van der Waals surface area contributed by atoms with Crippen molar-refractivity contribution in [1.29, 1.82) is 5.26 Å². The van der Waals surface area contributed by atoms with Gasteiger partial charge in [0.05, 0.1) is 29.0 Å². The molecule has 0 amide bonds. The third kappa shape index (κ3) is 2.95. The van der Waals surface area contributed by atoms with Crippen LogP contribution < -0.4 is 0 Å². The van der Waals surface area contributed by atoms with Gasteiger partial charge >= 0.3 is 0 Å². The molecule has 162 valence electrons. The molecule has 2 aromatic carbocycles. The number of Topliss-reactive ketones (excluding diaryl/α,β-unsaturated/α-hetero) is 1. The number of fused-ring (bicyclic) bond motifs is 3. The highest BCUT2D eigenvalue weighted by Crippen LogP contribution is 2.40.